The van der Waals surface area contributed by atoms with Crippen LogP contribution in [-0.4, -0.2) is 32.8 Å². The second kappa shape index (κ2) is 11.1. The molecule has 0 saturated heterocycles. The number of ether oxygens (including phenoxy) is 1. The fourth-order valence-corrected chi connectivity index (χ4v) is 5.51. The van der Waals surface area contributed by atoms with Crippen molar-refractivity contribution in [1.82, 2.24) is 19.7 Å². The van der Waals surface area contributed by atoms with Gasteiger partial charge in [0.2, 0.25) is 0 Å². The van der Waals surface area contributed by atoms with Gasteiger partial charge in [-0.3, -0.25) is 9.36 Å². The van der Waals surface area contributed by atoms with Crippen LogP contribution in [0.2, 0.25) is 5.02 Å². The Morgan fingerprint density at radius 1 is 1.08 bits per heavy atom. The zero-order valence-electron chi connectivity index (χ0n) is 19.4. The number of aromatic nitrogens is 4. The maximum atomic E-state index is 13.1. The molecule has 0 radical (unpaired) electrons. The first-order valence-electron chi connectivity index (χ1n) is 11.0. The number of carbonyl (C=O) groups excluding carboxylic acids is 1. The summed E-state index contributed by atoms with van der Waals surface area (Å²) in [4.78, 5) is 17.0. The normalized spacial score (nSPS) is 10.9. The van der Waals surface area contributed by atoms with Crippen molar-refractivity contribution >= 4 is 46.3 Å². The van der Waals surface area contributed by atoms with E-state index >= 15 is 0 Å². The van der Waals surface area contributed by atoms with E-state index in [0.29, 0.717) is 33.2 Å². The average molecular weight is 552 g/mol. The minimum atomic E-state index is -0.371. The highest BCUT2D eigenvalue weighted by molar-refractivity contribution is 7.98. The second-order valence-corrected chi connectivity index (χ2v) is 9.96. The maximum absolute atomic E-state index is 13.1. The van der Waals surface area contributed by atoms with Gasteiger partial charge in [0, 0.05) is 16.6 Å². The van der Waals surface area contributed by atoms with Gasteiger partial charge in [-0.15, -0.1) is 21.5 Å². The van der Waals surface area contributed by atoms with Gasteiger partial charge in [0.1, 0.15) is 22.3 Å². The lowest BCUT2D eigenvalue weighted by atomic mass is 10.2. The SMILES string of the molecule is COc1ccccc1-n1c(SCc2nc(C(=O)Nc3ccc(F)cc3)cs2)nnc1-c1ccccc1Cl. The van der Waals surface area contributed by atoms with E-state index in [-0.39, 0.29) is 17.4 Å². The first-order chi connectivity index (χ1) is 18.0. The van der Waals surface area contributed by atoms with Crippen LogP contribution in [0.5, 0.6) is 5.75 Å². The van der Waals surface area contributed by atoms with Gasteiger partial charge in [0.25, 0.3) is 5.91 Å². The number of anilines is 1. The van der Waals surface area contributed by atoms with Crippen LogP contribution in [0.1, 0.15) is 15.5 Å². The van der Waals surface area contributed by atoms with E-state index in [2.05, 4.69) is 20.5 Å². The number of thioether (sulfide) groups is 1. The minimum Gasteiger partial charge on any atom is -0.495 e. The summed E-state index contributed by atoms with van der Waals surface area (Å²) >= 11 is 9.29. The number of benzene rings is 3. The first kappa shape index (κ1) is 24.9. The molecule has 7 nitrogen and oxygen atoms in total. The first-order valence-corrected chi connectivity index (χ1v) is 13.3. The van der Waals surface area contributed by atoms with E-state index in [4.69, 9.17) is 16.3 Å². The second-order valence-electron chi connectivity index (χ2n) is 7.67. The number of halogens is 2. The van der Waals surface area contributed by atoms with Gasteiger partial charge < -0.3 is 10.1 Å². The third-order valence-electron chi connectivity index (χ3n) is 5.29. The van der Waals surface area contributed by atoms with E-state index < -0.39 is 0 Å². The standard InChI is InChI=1S/C26H19ClFN5O2S2/c1-35-22-9-5-4-8-21(22)33-24(18-6-2-3-7-19(18)27)31-32-26(33)37-15-23-30-20(14-36-23)25(34)29-17-12-10-16(28)11-13-17/h2-14H,15H2,1H3,(H,29,34). The molecule has 0 spiro atoms. The molecule has 0 aliphatic carbocycles. The number of nitrogens with zero attached hydrogens (tertiary/aromatic N) is 4. The number of hydrogen-bond donors (Lipinski definition) is 1. The molecular weight excluding hydrogens is 533 g/mol. The molecule has 1 amide bonds. The molecule has 5 aromatic rings. The number of para-hydroxylation sites is 2. The van der Waals surface area contributed by atoms with Crippen LogP contribution < -0.4 is 10.1 Å². The molecule has 1 N–H and O–H groups in total. The third-order valence-corrected chi connectivity index (χ3v) is 7.59. The van der Waals surface area contributed by atoms with Gasteiger partial charge in [0.05, 0.1) is 23.6 Å². The Balaban J connectivity index is 1.40. The molecule has 0 aliphatic heterocycles. The van der Waals surface area contributed by atoms with Crippen LogP contribution in [0, 0.1) is 5.82 Å². The van der Waals surface area contributed by atoms with Crippen molar-refractivity contribution in [3.05, 3.63) is 99.7 Å². The van der Waals surface area contributed by atoms with Gasteiger partial charge in [0.15, 0.2) is 11.0 Å². The predicted molar refractivity (Wildman–Crippen MR) is 144 cm³/mol. The summed E-state index contributed by atoms with van der Waals surface area (Å²) in [6.07, 6.45) is 0. The molecule has 0 aliphatic rings. The van der Waals surface area contributed by atoms with Crippen molar-refractivity contribution < 1.29 is 13.9 Å². The van der Waals surface area contributed by atoms with Gasteiger partial charge in [-0.05, 0) is 48.5 Å². The van der Waals surface area contributed by atoms with Crippen LogP contribution in [0.15, 0.2) is 83.3 Å². The van der Waals surface area contributed by atoms with Crippen molar-refractivity contribution in [1.29, 1.82) is 0 Å². The van der Waals surface area contributed by atoms with Crippen molar-refractivity contribution in [2.45, 2.75) is 10.9 Å². The molecule has 3 aromatic carbocycles. The maximum Gasteiger partial charge on any atom is 0.275 e. The molecule has 0 unspecified atom stereocenters. The van der Waals surface area contributed by atoms with Gasteiger partial charge in [-0.25, -0.2) is 9.37 Å². The van der Waals surface area contributed by atoms with E-state index in [9.17, 15) is 9.18 Å². The summed E-state index contributed by atoms with van der Waals surface area (Å²) in [6.45, 7) is 0. The quantitative estimate of drug-likeness (QED) is 0.215. The smallest absolute Gasteiger partial charge is 0.275 e. The third kappa shape index (κ3) is 5.51. The van der Waals surface area contributed by atoms with Crippen molar-refractivity contribution in [3.8, 4) is 22.8 Å². The Bertz CT molecular complexity index is 1550. The molecule has 37 heavy (non-hydrogen) atoms. The zero-order valence-corrected chi connectivity index (χ0v) is 21.8. The van der Waals surface area contributed by atoms with Crippen molar-refractivity contribution in [2.24, 2.45) is 0 Å². The summed E-state index contributed by atoms with van der Waals surface area (Å²) < 4.78 is 20.6. The lowest BCUT2D eigenvalue weighted by Gasteiger charge is -2.14. The Morgan fingerprint density at radius 3 is 2.62 bits per heavy atom. The number of rotatable bonds is 8. The fraction of sp³-hybridized carbons (Fsp3) is 0.0769. The summed E-state index contributed by atoms with van der Waals surface area (Å²) in [5, 5.41) is 15.2. The molecule has 11 heteroatoms. The van der Waals surface area contributed by atoms with Gasteiger partial charge in [-0.2, -0.15) is 0 Å². The number of nitrogens with one attached hydrogen (secondary N) is 1. The monoisotopic (exact) mass is 551 g/mol. The van der Waals surface area contributed by atoms with Gasteiger partial charge in [-0.1, -0.05) is 47.6 Å². The molecule has 5 rings (SSSR count). The number of carbonyl (C=O) groups is 1. The van der Waals surface area contributed by atoms with Crippen LogP contribution in [0.3, 0.4) is 0 Å². The summed E-state index contributed by atoms with van der Waals surface area (Å²) in [5.41, 5.74) is 2.29. The Morgan fingerprint density at radius 2 is 1.84 bits per heavy atom. The summed E-state index contributed by atoms with van der Waals surface area (Å²) in [6, 6.07) is 20.6. The highest BCUT2D eigenvalue weighted by Gasteiger charge is 2.21. The highest BCUT2D eigenvalue weighted by atomic mass is 35.5. The van der Waals surface area contributed by atoms with Crippen LogP contribution in [-0.2, 0) is 5.75 Å². The number of hydrogen-bond acceptors (Lipinski definition) is 7. The Labute approximate surface area is 225 Å². The van der Waals surface area contributed by atoms with E-state index in [1.807, 2.05) is 47.0 Å². The summed E-state index contributed by atoms with van der Waals surface area (Å²) in [5.74, 6) is 0.967. The molecule has 0 fully saturated rings. The Kier molecular flexibility index (Phi) is 7.50. The van der Waals surface area contributed by atoms with Crippen molar-refractivity contribution in [3.63, 3.8) is 0 Å². The molecule has 0 bridgehead atoms. The highest BCUT2D eigenvalue weighted by Crippen LogP contribution is 2.36. The molecule has 186 valence electrons. The molecule has 2 aromatic heterocycles. The molecule has 2 heterocycles. The van der Waals surface area contributed by atoms with Crippen LogP contribution in [0.25, 0.3) is 17.1 Å². The summed E-state index contributed by atoms with van der Waals surface area (Å²) in [7, 11) is 1.61. The van der Waals surface area contributed by atoms with E-state index in [1.54, 1.807) is 18.6 Å². The molecule has 0 atom stereocenters. The van der Waals surface area contributed by atoms with Gasteiger partial charge >= 0.3 is 0 Å². The Hall–Kier alpha value is -3.73. The van der Waals surface area contributed by atoms with E-state index in [1.165, 1.54) is 47.4 Å². The number of thiazole rings is 1. The zero-order chi connectivity index (χ0) is 25.8. The lowest BCUT2D eigenvalue weighted by Crippen LogP contribution is -2.12. The van der Waals surface area contributed by atoms with E-state index in [0.717, 1.165) is 16.3 Å². The molecular formula is C26H19ClFN5O2S2. The van der Waals surface area contributed by atoms with Crippen LogP contribution >= 0.6 is 34.7 Å². The van der Waals surface area contributed by atoms with Crippen LogP contribution in [0.4, 0.5) is 10.1 Å². The minimum absolute atomic E-state index is 0.285. The largest absolute Gasteiger partial charge is 0.495 e. The number of amides is 1. The van der Waals surface area contributed by atoms with Crippen molar-refractivity contribution in [2.75, 3.05) is 12.4 Å². The molecule has 0 saturated carbocycles. The fourth-order valence-electron chi connectivity index (χ4n) is 3.55. The lowest BCUT2D eigenvalue weighted by molar-refractivity contribution is 0.102. The predicted octanol–water partition coefficient (Wildman–Crippen LogP) is 6.74. The topological polar surface area (TPSA) is 81.9 Å². The average Bonchev–Trinajstić information content (AvgIpc) is 3.56. The number of methoxy groups -OCH3 is 1.